The molecule has 0 amide bonds. The largest absolute Gasteiger partial charge is 0.465 e. The summed E-state index contributed by atoms with van der Waals surface area (Å²) in [4.78, 5) is 11.7. The van der Waals surface area contributed by atoms with Crippen LogP contribution in [-0.2, 0) is 14.3 Å². The minimum absolute atomic E-state index is 0.0868. The van der Waals surface area contributed by atoms with Gasteiger partial charge < -0.3 is 14.8 Å². The van der Waals surface area contributed by atoms with Crippen LogP contribution in [-0.4, -0.2) is 38.4 Å². The molecule has 4 heteroatoms. The molecule has 0 aromatic carbocycles. The van der Waals surface area contributed by atoms with Gasteiger partial charge in [0.25, 0.3) is 0 Å². The fraction of sp³-hybridized carbons (Fsp3) is 0.929. The molecule has 1 saturated heterocycles. The Labute approximate surface area is 109 Å². The third-order valence-electron chi connectivity index (χ3n) is 3.94. The lowest BCUT2D eigenvalue weighted by molar-refractivity contribution is -0.146. The zero-order valence-corrected chi connectivity index (χ0v) is 11.3. The van der Waals surface area contributed by atoms with Crippen molar-refractivity contribution in [2.45, 2.75) is 45.1 Å². The number of ether oxygens (including phenoxy) is 2. The first-order valence-corrected chi connectivity index (χ1v) is 7.21. The van der Waals surface area contributed by atoms with Gasteiger partial charge in [0.15, 0.2) is 0 Å². The molecular weight excluding hydrogens is 230 g/mol. The van der Waals surface area contributed by atoms with Crippen LogP contribution >= 0.6 is 0 Å². The highest BCUT2D eigenvalue weighted by Crippen LogP contribution is 2.28. The van der Waals surface area contributed by atoms with Crippen LogP contribution < -0.4 is 5.32 Å². The molecular formula is C14H25NO3. The molecule has 1 N–H and O–H groups in total. The van der Waals surface area contributed by atoms with Crippen LogP contribution in [0.25, 0.3) is 0 Å². The van der Waals surface area contributed by atoms with E-state index in [0.29, 0.717) is 25.6 Å². The summed E-state index contributed by atoms with van der Waals surface area (Å²) in [5.41, 5.74) is 0. The second-order valence-electron chi connectivity index (χ2n) is 5.75. The summed E-state index contributed by atoms with van der Waals surface area (Å²) >= 11 is 0. The maximum atomic E-state index is 11.7. The topological polar surface area (TPSA) is 47.6 Å². The van der Waals surface area contributed by atoms with Crippen LogP contribution in [0.4, 0.5) is 0 Å². The van der Waals surface area contributed by atoms with Crippen LogP contribution in [0, 0.1) is 11.8 Å². The van der Waals surface area contributed by atoms with Crippen LogP contribution in [0.15, 0.2) is 0 Å². The Hall–Kier alpha value is -0.610. The van der Waals surface area contributed by atoms with Gasteiger partial charge in [0.2, 0.25) is 0 Å². The molecule has 1 saturated carbocycles. The molecule has 0 radical (unpaired) electrons. The fourth-order valence-corrected chi connectivity index (χ4v) is 2.93. The molecule has 2 fully saturated rings. The number of hydrogen-bond acceptors (Lipinski definition) is 4. The number of carbonyl (C=O) groups is 1. The molecule has 3 unspecified atom stereocenters. The van der Waals surface area contributed by atoms with Crippen LogP contribution in [0.1, 0.15) is 39.0 Å². The van der Waals surface area contributed by atoms with Crippen molar-refractivity contribution < 1.29 is 14.3 Å². The van der Waals surface area contributed by atoms with Crippen LogP contribution in [0.2, 0.25) is 0 Å². The van der Waals surface area contributed by atoms with E-state index in [1.54, 1.807) is 0 Å². The highest BCUT2D eigenvalue weighted by molar-refractivity contribution is 5.70. The smallest absolute Gasteiger partial charge is 0.307 e. The Balaban J connectivity index is 1.61. The maximum Gasteiger partial charge on any atom is 0.307 e. The Kier molecular flexibility index (Phi) is 5.45. The quantitative estimate of drug-likeness (QED) is 0.777. The first kappa shape index (κ1) is 13.8. The molecule has 18 heavy (non-hydrogen) atoms. The van der Waals surface area contributed by atoms with Crippen LogP contribution in [0.5, 0.6) is 0 Å². The summed E-state index contributed by atoms with van der Waals surface area (Å²) in [6.07, 6.45) is 5.46. The monoisotopic (exact) mass is 255 g/mol. The van der Waals surface area contributed by atoms with Crippen molar-refractivity contribution in [2.75, 3.05) is 26.4 Å². The predicted molar refractivity (Wildman–Crippen MR) is 69.3 cm³/mol. The lowest BCUT2D eigenvalue weighted by Crippen LogP contribution is -2.42. The minimum atomic E-state index is -0.0868. The molecule has 4 nitrogen and oxygen atoms in total. The highest BCUT2D eigenvalue weighted by atomic mass is 16.5. The molecule has 0 spiro atoms. The van der Waals surface area contributed by atoms with E-state index >= 15 is 0 Å². The number of hydrogen-bond donors (Lipinski definition) is 1. The van der Waals surface area contributed by atoms with Gasteiger partial charge in [0.1, 0.15) is 0 Å². The second kappa shape index (κ2) is 7.10. The van der Waals surface area contributed by atoms with Crippen molar-refractivity contribution in [3.8, 4) is 0 Å². The summed E-state index contributed by atoms with van der Waals surface area (Å²) in [6, 6.07) is 0.136. The second-order valence-corrected chi connectivity index (χ2v) is 5.75. The van der Waals surface area contributed by atoms with E-state index in [-0.39, 0.29) is 12.0 Å². The van der Waals surface area contributed by atoms with Gasteiger partial charge in [0.05, 0.1) is 26.2 Å². The third-order valence-corrected chi connectivity index (χ3v) is 3.94. The van der Waals surface area contributed by atoms with E-state index in [1.807, 2.05) is 0 Å². The first-order valence-electron chi connectivity index (χ1n) is 7.21. The summed E-state index contributed by atoms with van der Waals surface area (Å²) in [5.74, 6) is 1.28. The number of carbonyl (C=O) groups excluding carboxylic acids is 1. The summed E-state index contributed by atoms with van der Waals surface area (Å²) < 4.78 is 10.7. The number of morpholine rings is 1. The molecule has 2 rings (SSSR count). The van der Waals surface area contributed by atoms with Gasteiger partial charge in [0, 0.05) is 12.6 Å². The van der Waals surface area contributed by atoms with Crippen molar-refractivity contribution in [1.29, 1.82) is 0 Å². The maximum absolute atomic E-state index is 11.7. The van der Waals surface area contributed by atoms with Crippen molar-refractivity contribution >= 4 is 5.97 Å². The molecule has 1 aliphatic heterocycles. The molecule has 1 heterocycles. The Morgan fingerprint density at radius 2 is 2.33 bits per heavy atom. The van der Waals surface area contributed by atoms with Gasteiger partial charge in [-0.15, -0.1) is 0 Å². The molecule has 3 atom stereocenters. The molecule has 104 valence electrons. The Morgan fingerprint density at radius 3 is 3.06 bits per heavy atom. The molecule has 0 bridgehead atoms. The van der Waals surface area contributed by atoms with Gasteiger partial charge in [-0.2, -0.15) is 0 Å². The fourth-order valence-electron chi connectivity index (χ4n) is 2.93. The van der Waals surface area contributed by atoms with E-state index in [4.69, 9.17) is 9.47 Å². The summed E-state index contributed by atoms with van der Waals surface area (Å²) in [7, 11) is 0. The zero-order chi connectivity index (χ0) is 12.8. The molecule has 2 aliphatic rings. The standard InChI is InChI=1S/C14H25NO3/c1-11-3-2-4-12(7-11)9-18-14(16)8-13-10-17-6-5-15-13/h11-13,15H,2-10H2,1H3. The normalized spacial score (nSPS) is 33.1. The number of rotatable bonds is 4. The average Bonchev–Trinajstić information content (AvgIpc) is 2.38. The van der Waals surface area contributed by atoms with Crippen molar-refractivity contribution in [2.24, 2.45) is 11.8 Å². The van der Waals surface area contributed by atoms with E-state index in [2.05, 4.69) is 12.2 Å². The lowest BCUT2D eigenvalue weighted by Gasteiger charge is -2.27. The van der Waals surface area contributed by atoms with E-state index in [9.17, 15) is 4.79 Å². The van der Waals surface area contributed by atoms with Gasteiger partial charge in [-0.1, -0.05) is 19.8 Å². The van der Waals surface area contributed by atoms with Crippen molar-refractivity contribution in [3.63, 3.8) is 0 Å². The van der Waals surface area contributed by atoms with E-state index in [1.165, 1.54) is 25.7 Å². The zero-order valence-electron chi connectivity index (χ0n) is 11.3. The van der Waals surface area contributed by atoms with Gasteiger partial charge in [-0.05, 0) is 24.7 Å². The minimum Gasteiger partial charge on any atom is -0.465 e. The Morgan fingerprint density at radius 1 is 1.44 bits per heavy atom. The first-order chi connectivity index (χ1) is 8.74. The van der Waals surface area contributed by atoms with Crippen molar-refractivity contribution in [1.82, 2.24) is 5.32 Å². The molecule has 0 aromatic rings. The molecule has 1 aliphatic carbocycles. The van der Waals surface area contributed by atoms with Gasteiger partial charge in [-0.3, -0.25) is 4.79 Å². The highest BCUT2D eigenvalue weighted by Gasteiger charge is 2.22. The van der Waals surface area contributed by atoms with Crippen LogP contribution in [0.3, 0.4) is 0 Å². The number of nitrogens with one attached hydrogen (secondary N) is 1. The van der Waals surface area contributed by atoms with E-state index in [0.717, 1.165) is 19.1 Å². The van der Waals surface area contributed by atoms with Gasteiger partial charge >= 0.3 is 5.97 Å². The van der Waals surface area contributed by atoms with Gasteiger partial charge in [-0.25, -0.2) is 0 Å². The molecule has 0 aromatic heterocycles. The SMILES string of the molecule is CC1CCCC(COC(=O)CC2COCCN2)C1. The lowest BCUT2D eigenvalue weighted by atomic mass is 9.83. The summed E-state index contributed by atoms with van der Waals surface area (Å²) in [6.45, 7) is 5.09. The average molecular weight is 255 g/mol. The van der Waals surface area contributed by atoms with Crippen molar-refractivity contribution in [3.05, 3.63) is 0 Å². The number of esters is 1. The third kappa shape index (κ3) is 4.58. The predicted octanol–water partition coefficient (Wildman–Crippen LogP) is 1.73. The summed E-state index contributed by atoms with van der Waals surface area (Å²) in [5, 5.41) is 3.27. The Bertz CT molecular complexity index is 264. The van der Waals surface area contributed by atoms with E-state index < -0.39 is 0 Å².